The van der Waals surface area contributed by atoms with E-state index in [9.17, 15) is 9.90 Å². The van der Waals surface area contributed by atoms with Crippen molar-refractivity contribution in [3.05, 3.63) is 0 Å². The maximum atomic E-state index is 11.3. The number of aliphatic hydroxyl groups is 1. The third-order valence-electron chi connectivity index (χ3n) is 3.09. The number of carbonyl (C=O) groups excluding carboxylic acids is 1. The van der Waals surface area contributed by atoms with Crippen molar-refractivity contribution in [2.45, 2.75) is 52.0 Å². The molecule has 92 valence electrons. The van der Waals surface area contributed by atoms with Crippen LogP contribution in [0, 0.1) is 5.92 Å². The Hall–Kier alpha value is -0.430. The van der Waals surface area contributed by atoms with Gasteiger partial charge >= 0.3 is 5.90 Å². The van der Waals surface area contributed by atoms with Gasteiger partial charge in [-0.2, -0.15) is 4.58 Å². The standard InChI is InChI=1S/C12H22NO2P/c1-9(2)5-3-7-11(14)13-8-4-6-10(13)12(15)16/h9-10H,3-8,16H2,1-2H3/p+1/t10-/m0/s1. The molecule has 0 spiro atoms. The van der Waals surface area contributed by atoms with Crippen LogP contribution in [0.3, 0.4) is 0 Å². The molecule has 1 heterocycles. The molecule has 0 aromatic carbocycles. The predicted molar refractivity (Wildman–Crippen MR) is 69.2 cm³/mol. The van der Waals surface area contributed by atoms with Crippen molar-refractivity contribution in [2.24, 2.45) is 5.92 Å². The summed E-state index contributed by atoms with van der Waals surface area (Å²) in [5.74, 6) is 1.07. The van der Waals surface area contributed by atoms with Crippen molar-refractivity contribution in [3.63, 3.8) is 0 Å². The zero-order valence-corrected chi connectivity index (χ0v) is 11.4. The Morgan fingerprint density at radius 3 is 2.81 bits per heavy atom. The van der Waals surface area contributed by atoms with Crippen molar-refractivity contribution >= 4 is 20.7 Å². The summed E-state index contributed by atoms with van der Waals surface area (Å²) in [6.45, 7) is 5.18. The van der Waals surface area contributed by atoms with Crippen LogP contribution in [0.15, 0.2) is 0 Å². The summed E-state index contributed by atoms with van der Waals surface area (Å²) in [5.41, 5.74) is 0.0907. The maximum Gasteiger partial charge on any atom is 0.334 e. The molecular weight excluding hydrogens is 221 g/mol. The normalized spacial score (nSPS) is 23.9. The lowest BCUT2D eigenvalue weighted by Gasteiger charge is -2.06. The second-order valence-electron chi connectivity index (χ2n) is 4.96. The summed E-state index contributed by atoms with van der Waals surface area (Å²) in [4.78, 5) is 11.3. The molecule has 0 saturated carbocycles. The van der Waals surface area contributed by atoms with Gasteiger partial charge in [0, 0.05) is 12.8 Å². The van der Waals surface area contributed by atoms with E-state index in [1.165, 1.54) is 0 Å². The van der Waals surface area contributed by atoms with E-state index in [0.29, 0.717) is 18.2 Å². The van der Waals surface area contributed by atoms with Crippen LogP contribution in [0.1, 0.15) is 46.0 Å². The third kappa shape index (κ3) is 3.86. The highest BCUT2D eigenvalue weighted by Crippen LogP contribution is 2.17. The van der Waals surface area contributed by atoms with E-state index >= 15 is 0 Å². The van der Waals surface area contributed by atoms with Crippen molar-refractivity contribution < 1.29 is 14.5 Å². The fourth-order valence-corrected chi connectivity index (χ4v) is 2.53. The van der Waals surface area contributed by atoms with Gasteiger partial charge in [-0.05, 0) is 12.3 Å². The van der Waals surface area contributed by atoms with Crippen LogP contribution in [0.4, 0.5) is 0 Å². The van der Waals surface area contributed by atoms with Crippen LogP contribution < -0.4 is 0 Å². The molecule has 16 heavy (non-hydrogen) atoms. The van der Waals surface area contributed by atoms with E-state index in [2.05, 4.69) is 23.1 Å². The lowest BCUT2D eigenvalue weighted by molar-refractivity contribution is -0.538. The molecule has 0 radical (unpaired) electrons. The molecule has 1 aliphatic heterocycles. The SMILES string of the molecule is CC(C)CCCC(O)=[N+]1CCC[C@H]1C(=O)P. The molecule has 3 nitrogen and oxygen atoms in total. The van der Waals surface area contributed by atoms with E-state index in [1.807, 2.05) is 4.58 Å². The van der Waals surface area contributed by atoms with Crippen LogP contribution in [0.5, 0.6) is 0 Å². The molecule has 4 heteroatoms. The molecule has 1 fully saturated rings. The van der Waals surface area contributed by atoms with Gasteiger partial charge in [-0.3, -0.25) is 4.79 Å². The zero-order chi connectivity index (χ0) is 12.1. The minimum Gasteiger partial charge on any atom is -0.463 e. The fraction of sp³-hybridized carbons (Fsp3) is 0.833. The largest absolute Gasteiger partial charge is 0.463 e. The van der Waals surface area contributed by atoms with Gasteiger partial charge in [0.05, 0.1) is 6.42 Å². The Kier molecular flexibility index (Phi) is 5.40. The molecule has 1 unspecified atom stereocenters. The van der Waals surface area contributed by atoms with Crippen LogP contribution in [0.25, 0.3) is 0 Å². The average Bonchev–Trinajstić information content (AvgIpc) is 2.65. The smallest absolute Gasteiger partial charge is 0.334 e. The van der Waals surface area contributed by atoms with E-state index in [0.717, 1.165) is 32.2 Å². The first kappa shape index (κ1) is 13.6. The van der Waals surface area contributed by atoms with Crippen molar-refractivity contribution in [2.75, 3.05) is 6.54 Å². The van der Waals surface area contributed by atoms with Gasteiger partial charge in [-0.25, -0.2) is 0 Å². The summed E-state index contributed by atoms with van der Waals surface area (Å²) >= 11 is 0. The predicted octanol–water partition coefficient (Wildman–Crippen LogP) is 2.35. The van der Waals surface area contributed by atoms with E-state index < -0.39 is 0 Å². The van der Waals surface area contributed by atoms with Gasteiger partial charge in [0.25, 0.3) is 0 Å². The van der Waals surface area contributed by atoms with Crippen LogP contribution in [-0.4, -0.2) is 33.7 Å². The first-order chi connectivity index (χ1) is 7.52. The Morgan fingerprint density at radius 2 is 2.25 bits per heavy atom. The molecule has 0 aromatic rings. The maximum absolute atomic E-state index is 11.3. The third-order valence-corrected chi connectivity index (χ3v) is 3.48. The number of hydrogen-bond donors (Lipinski definition) is 1. The lowest BCUT2D eigenvalue weighted by atomic mass is 10.1. The first-order valence-electron chi connectivity index (χ1n) is 6.13. The van der Waals surface area contributed by atoms with Crippen LogP contribution >= 0.6 is 9.24 Å². The average molecular weight is 244 g/mol. The van der Waals surface area contributed by atoms with E-state index in [1.54, 1.807) is 0 Å². The molecule has 1 aliphatic rings. The zero-order valence-electron chi connectivity index (χ0n) is 10.3. The number of carbonyl (C=O) groups is 1. The molecule has 2 atom stereocenters. The van der Waals surface area contributed by atoms with E-state index in [-0.39, 0.29) is 11.6 Å². The minimum absolute atomic E-state index is 0.0907. The monoisotopic (exact) mass is 244 g/mol. The van der Waals surface area contributed by atoms with Gasteiger partial charge in [0.2, 0.25) is 11.6 Å². The summed E-state index contributed by atoms with van der Waals surface area (Å²) in [5, 5.41) is 9.96. The second kappa shape index (κ2) is 6.34. The molecule has 1 N–H and O–H groups in total. The molecule has 0 aliphatic carbocycles. The molecule has 1 rings (SSSR count). The van der Waals surface area contributed by atoms with Gasteiger partial charge in [0.1, 0.15) is 6.54 Å². The molecule has 1 saturated heterocycles. The van der Waals surface area contributed by atoms with Crippen molar-refractivity contribution in [3.8, 4) is 0 Å². The highest BCUT2D eigenvalue weighted by Gasteiger charge is 2.34. The summed E-state index contributed by atoms with van der Waals surface area (Å²) in [6, 6.07) is -0.107. The van der Waals surface area contributed by atoms with Crippen molar-refractivity contribution in [1.82, 2.24) is 0 Å². The highest BCUT2D eigenvalue weighted by atomic mass is 31.0. The van der Waals surface area contributed by atoms with Crippen molar-refractivity contribution in [1.29, 1.82) is 0 Å². The second-order valence-corrected chi connectivity index (χ2v) is 5.53. The Bertz CT molecular complexity index is 287. The summed E-state index contributed by atoms with van der Waals surface area (Å²) < 4.78 is 1.87. The van der Waals surface area contributed by atoms with E-state index in [4.69, 9.17) is 0 Å². The minimum atomic E-state index is -0.107. The Labute approximate surface area is 100 Å². The Balaban J connectivity index is 2.54. The van der Waals surface area contributed by atoms with Crippen LogP contribution in [0.2, 0.25) is 0 Å². The number of nitrogens with zero attached hydrogens (tertiary/aromatic N) is 1. The first-order valence-corrected chi connectivity index (χ1v) is 6.71. The molecule has 0 aromatic heterocycles. The summed E-state index contributed by atoms with van der Waals surface area (Å²) in [7, 11) is 2.23. The topological polar surface area (TPSA) is 40.3 Å². The van der Waals surface area contributed by atoms with Gasteiger partial charge in [-0.1, -0.05) is 29.5 Å². The quantitative estimate of drug-likeness (QED) is 0.458. The van der Waals surface area contributed by atoms with Gasteiger partial charge < -0.3 is 5.11 Å². The van der Waals surface area contributed by atoms with Crippen LogP contribution in [-0.2, 0) is 4.79 Å². The molecular formula is C12H23NO2P+. The highest BCUT2D eigenvalue weighted by molar-refractivity contribution is 7.40. The van der Waals surface area contributed by atoms with Gasteiger partial charge in [-0.15, -0.1) is 0 Å². The van der Waals surface area contributed by atoms with Gasteiger partial charge in [0.15, 0.2) is 0 Å². The lowest BCUT2D eigenvalue weighted by Crippen LogP contribution is -2.30. The summed E-state index contributed by atoms with van der Waals surface area (Å²) in [6.07, 6.45) is 4.69. The number of aliphatic hydroxyl groups excluding tert-OH is 1. The number of rotatable bonds is 5. The fourth-order valence-electron chi connectivity index (χ4n) is 2.18. The molecule has 0 bridgehead atoms. The molecule has 0 amide bonds. The number of hydrogen-bond acceptors (Lipinski definition) is 1. The Morgan fingerprint density at radius 1 is 1.56 bits per heavy atom.